The third kappa shape index (κ3) is 4.25. The van der Waals surface area contributed by atoms with Gasteiger partial charge in [0, 0.05) is 18.3 Å². The number of aliphatic hydroxyl groups excluding tert-OH is 1. The maximum atomic E-state index is 12.2. The van der Waals surface area contributed by atoms with E-state index in [-0.39, 0.29) is 12.5 Å². The van der Waals surface area contributed by atoms with Gasteiger partial charge < -0.3 is 10.0 Å². The largest absolute Gasteiger partial charge is 0.395 e. The van der Waals surface area contributed by atoms with Crippen molar-refractivity contribution < 1.29 is 9.90 Å². The average molecular weight is 293 g/mol. The fraction of sp³-hybridized carbons (Fsp3) is 0.562. The number of amides is 1. The highest BCUT2D eigenvalue weighted by Gasteiger charge is 2.27. The number of aryl methyl sites for hydroxylation is 1. The summed E-state index contributed by atoms with van der Waals surface area (Å²) in [5.74, 6) is 1.54. The van der Waals surface area contributed by atoms with Crippen molar-refractivity contribution in [2.75, 3.05) is 18.9 Å². The number of carbonyl (C=O) groups excluding carboxylic acids is 1. The lowest BCUT2D eigenvalue weighted by molar-refractivity contribution is -0.132. The van der Waals surface area contributed by atoms with E-state index in [4.69, 9.17) is 5.11 Å². The normalized spacial score (nSPS) is 14.9. The molecule has 3 nitrogen and oxygen atoms in total. The zero-order valence-corrected chi connectivity index (χ0v) is 12.9. The summed E-state index contributed by atoms with van der Waals surface area (Å²) in [6.07, 6.45) is 3.39. The Labute approximate surface area is 125 Å². The van der Waals surface area contributed by atoms with Crippen molar-refractivity contribution in [3.63, 3.8) is 0 Å². The van der Waals surface area contributed by atoms with Crippen LogP contribution in [0.25, 0.3) is 0 Å². The molecule has 110 valence electrons. The van der Waals surface area contributed by atoms with E-state index in [1.54, 1.807) is 11.8 Å². The molecule has 0 aliphatic heterocycles. The lowest BCUT2D eigenvalue weighted by Crippen LogP contribution is -2.46. The summed E-state index contributed by atoms with van der Waals surface area (Å²) < 4.78 is 0. The Morgan fingerprint density at radius 1 is 1.35 bits per heavy atom. The molecule has 1 N–H and O–H groups in total. The molecule has 0 unspecified atom stereocenters. The first kappa shape index (κ1) is 15.4. The molecule has 0 radical (unpaired) electrons. The lowest BCUT2D eigenvalue weighted by atomic mass is 9.91. The van der Waals surface area contributed by atoms with Gasteiger partial charge >= 0.3 is 0 Å². The van der Waals surface area contributed by atoms with Gasteiger partial charge in [-0.05, 0) is 31.7 Å². The van der Waals surface area contributed by atoms with Crippen LogP contribution in [-0.4, -0.2) is 40.9 Å². The van der Waals surface area contributed by atoms with Gasteiger partial charge in [0.15, 0.2) is 0 Å². The number of benzene rings is 1. The summed E-state index contributed by atoms with van der Waals surface area (Å²) in [4.78, 5) is 14.1. The van der Waals surface area contributed by atoms with E-state index < -0.39 is 0 Å². The van der Waals surface area contributed by atoms with E-state index in [1.165, 1.54) is 17.5 Å². The van der Waals surface area contributed by atoms with Crippen LogP contribution in [0, 0.1) is 6.92 Å². The molecule has 0 spiro atoms. The molecule has 1 aromatic rings. The van der Waals surface area contributed by atoms with Crippen LogP contribution < -0.4 is 0 Å². The molecule has 0 heterocycles. The number of carbonyl (C=O) groups is 1. The Bertz CT molecular complexity index is 429. The van der Waals surface area contributed by atoms with Crippen molar-refractivity contribution in [2.24, 2.45) is 0 Å². The van der Waals surface area contributed by atoms with Gasteiger partial charge in [0.2, 0.25) is 5.91 Å². The first-order valence-electron chi connectivity index (χ1n) is 7.24. The Hall–Kier alpha value is -1.00. The van der Waals surface area contributed by atoms with Crippen molar-refractivity contribution in [3.8, 4) is 0 Å². The van der Waals surface area contributed by atoms with E-state index in [0.29, 0.717) is 18.3 Å². The summed E-state index contributed by atoms with van der Waals surface area (Å²) in [6, 6.07) is 8.80. The topological polar surface area (TPSA) is 40.5 Å². The molecule has 20 heavy (non-hydrogen) atoms. The number of thioether (sulfide) groups is 1. The van der Waals surface area contributed by atoms with Crippen LogP contribution in [0.2, 0.25) is 0 Å². The molecule has 4 heteroatoms. The van der Waals surface area contributed by atoms with Crippen LogP contribution in [0.4, 0.5) is 0 Å². The van der Waals surface area contributed by atoms with E-state index in [2.05, 4.69) is 31.2 Å². The van der Waals surface area contributed by atoms with E-state index in [9.17, 15) is 4.79 Å². The number of hydrogen-bond donors (Lipinski definition) is 1. The minimum atomic E-state index is 0.0604. The summed E-state index contributed by atoms with van der Waals surface area (Å²) in [5.41, 5.74) is 2.51. The highest BCUT2D eigenvalue weighted by atomic mass is 32.2. The molecular formula is C16H23NO2S. The summed E-state index contributed by atoms with van der Waals surface area (Å²) >= 11 is 1.65. The number of rotatable bonds is 7. The predicted octanol–water partition coefficient (Wildman–Crippen LogP) is 2.60. The van der Waals surface area contributed by atoms with Crippen LogP contribution in [0.3, 0.4) is 0 Å². The van der Waals surface area contributed by atoms with Crippen LogP contribution in [0.5, 0.6) is 0 Å². The minimum Gasteiger partial charge on any atom is -0.395 e. The van der Waals surface area contributed by atoms with Crippen molar-refractivity contribution in [1.82, 2.24) is 4.90 Å². The molecule has 0 aromatic heterocycles. The Morgan fingerprint density at radius 3 is 2.60 bits per heavy atom. The third-order valence-electron chi connectivity index (χ3n) is 3.79. The SMILES string of the molecule is Cc1ccc(CSCC(=O)N(CCO)C2CCC2)cc1. The quantitative estimate of drug-likeness (QED) is 0.840. The summed E-state index contributed by atoms with van der Waals surface area (Å²) in [7, 11) is 0. The third-order valence-corrected chi connectivity index (χ3v) is 4.78. The second-order valence-corrected chi connectivity index (χ2v) is 6.36. The molecular weight excluding hydrogens is 270 g/mol. The standard InChI is InChI=1S/C16H23NO2S/c1-13-5-7-14(8-6-13)11-20-12-16(19)17(9-10-18)15-3-2-4-15/h5-8,15,18H,2-4,9-12H2,1H3. The lowest BCUT2D eigenvalue weighted by Gasteiger charge is -2.37. The maximum Gasteiger partial charge on any atom is 0.232 e. The van der Waals surface area contributed by atoms with Gasteiger partial charge in [0.05, 0.1) is 12.4 Å². The van der Waals surface area contributed by atoms with E-state index in [1.807, 2.05) is 4.90 Å². The van der Waals surface area contributed by atoms with Crippen molar-refractivity contribution in [2.45, 2.75) is 38.0 Å². The smallest absolute Gasteiger partial charge is 0.232 e. The fourth-order valence-corrected chi connectivity index (χ4v) is 3.21. The number of nitrogens with zero attached hydrogens (tertiary/aromatic N) is 1. The second kappa shape index (κ2) is 7.70. The molecule has 0 saturated heterocycles. The fourth-order valence-electron chi connectivity index (χ4n) is 2.34. The average Bonchev–Trinajstić information content (AvgIpc) is 2.38. The van der Waals surface area contributed by atoms with Crippen molar-refractivity contribution in [1.29, 1.82) is 0 Å². The highest BCUT2D eigenvalue weighted by molar-refractivity contribution is 7.99. The Balaban J connectivity index is 1.76. The summed E-state index contributed by atoms with van der Waals surface area (Å²) in [6.45, 7) is 2.62. The van der Waals surface area contributed by atoms with Crippen molar-refractivity contribution >= 4 is 17.7 Å². The van der Waals surface area contributed by atoms with Gasteiger partial charge in [-0.3, -0.25) is 4.79 Å². The first-order valence-corrected chi connectivity index (χ1v) is 8.40. The Kier molecular flexibility index (Phi) is 5.92. The molecule has 0 atom stereocenters. The molecule has 1 aromatic carbocycles. The first-order chi connectivity index (χ1) is 9.70. The number of aliphatic hydroxyl groups is 1. The van der Waals surface area contributed by atoms with Gasteiger partial charge in [-0.1, -0.05) is 29.8 Å². The Morgan fingerprint density at radius 2 is 2.05 bits per heavy atom. The summed E-state index contributed by atoms with van der Waals surface area (Å²) in [5, 5.41) is 9.08. The minimum absolute atomic E-state index is 0.0604. The van der Waals surface area contributed by atoms with Gasteiger partial charge in [-0.15, -0.1) is 11.8 Å². The molecule has 0 bridgehead atoms. The maximum absolute atomic E-state index is 12.2. The van der Waals surface area contributed by atoms with Gasteiger partial charge in [-0.2, -0.15) is 0 Å². The van der Waals surface area contributed by atoms with E-state index in [0.717, 1.165) is 18.6 Å². The van der Waals surface area contributed by atoms with Crippen LogP contribution >= 0.6 is 11.8 Å². The van der Waals surface area contributed by atoms with Crippen LogP contribution in [0.15, 0.2) is 24.3 Å². The van der Waals surface area contributed by atoms with Gasteiger partial charge in [0.25, 0.3) is 0 Å². The highest BCUT2D eigenvalue weighted by Crippen LogP contribution is 2.25. The molecule has 1 aliphatic carbocycles. The number of hydrogen-bond acceptors (Lipinski definition) is 3. The van der Waals surface area contributed by atoms with Crippen molar-refractivity contribution in [3.05, 3.63) is 35.4 Å². The monoisotopic (exact) mass is 293 g/mol. The molecule has 2 rings (SSSR count). The van der Waals surface area contributed by atoms with Crippen LogP contribution in [-0.2, 0) is 10.5 Å². The zero-order chi connectivity index (χ0) is 14.4. The molecule has 1 amide bonds. The molecule has 1 aliphatic rings. The van der Waals surface area contributed by atoms with Gasteiger partial charge in [0.1, 0.15) is 0 Å². The van der Waals surface area contributed by atoms with Crippen LogP contribution in [0.1, 0.15) is 30.4 Å². The zero-order valence-electron chi connectivity index (χ0n) is 12.0. The molecule has 1 fully saturated rings. The second-order valence-electron chi connectivity index (χ2n) is 5.37. The van der Waals surface area contributed by atoms with Gasteiger partial charge in [-0.25, -0.2) is 0 Å². The predicted molar refractivity (Wildman–Crippen MR) is 83.8 cm³/mol. The van der Waals surface area contributed by atoms with E-state index >= 15 is 0 Å². The molecule has 1 saturated carbocycles.